The van der Waals surface area contributed by atoms with Crippen molar-refractivity contribution in [1.82, 2.24) is 15.2 Å². The topological polar surface area (TPSA) is 71.2 Å². The Balaban J connectivity index is 1.86. The second-order valence-corrected chi connectivity index (χ2v) is 4.29. The lowest BCUT2D eigenvalue weighted by atomic mass is 10.1. The molecule has 5 heteroatoms. The third kappa shape index (κ3) is 3.51. The summed E-state index contributed by atoms with van der Waals surface area (Å²) in [6.45, 7) is 4.31. The van der Waals surface area contributed by atoms with Crippen LogP contribution in [0, 0.1) is 0 Å². The van der Waals surface area contributed by atoms with Crippen molar-refractivity contribution >= 4 is 11.6 Å². The van der Waals surface area contributed by atoms with Crippen LogP contribution in [0.1, 0.15) is 5.56 Å². The lowest BCUT2D eigenvalue weighted by Crippen LogP contribution is -2.45. The van der Waals surface area contributed by atoms with E-state index in [9.17, 15) is 4.79 Å². The minimum absolute atomic E-state index is 0.201. The first kappa shape index (κ1) is 12.0. The third-order valence-electron chi connectivity index (χ3n) is 2.92. The number of aromatic nitrogens is 1. The zero-order valence-electron chi connectivity index (χ0n) is 9.85. The standard InChI is InChI=1S/C12H18N4O/c13-12-10(2-1-3-15-12)8-11(17)9-16-6-4-14-5-7-16/h1-3,14H,4-9H2,(H2,13,15). The number of ketones is 1. The first-order chi connectivity index (χ1) is 8.25. The molecule has 0 amide bonds. The average Bonchev–Trinajstić information content (AvgIpc) is 2.33. The largest absolute Gasteiger partial charge is 0.383 e. The van der Waals surface area contributed by atoms with E-state index in [0.29, 0.717) is 18.8 Å². The molecule has 0 bridgehead atoms. The maximum Gasteiger partial charge on any atom is 0.151 e. The fraction of sp³-hybridized carbons (Fsp3) is 0.500. The van der Waals surface area contributed by atoms with Gasteiger partial charge in [0.25, 0.3) is 0 Å². The van der Waals surface area contributed by atoms with E-state index in [-0.39, 0.29) is 5.78 Å². The fourth-order valence-corrected chi connectivity index (χ4v) is 1.99. The Morgan fingerprint density at radius 3 is 2.94 bits per heavy atom. The van der Waals surface area contributed by atoms with Crippen molar-refractivity contribution in [3.05, 3.63) is 23.9 Å². The summed E-state index contributed by atoms with van der Waals surface area (Å²) in [6.07, 6.45) is 2.02. The molecule has 0 radical (unpaired) electrons. The Kier molecular flexibility index (Phi) is 4.06. The van der Waals surface area contributed by atoms with Gasteiger partial charge in [-0.2, -0.15) is 0 Å². The molecule has 2 rings (SSSR count). The van der Waals surface area contributed by atoms with Crippen LogP contribution >= 0.6 is 0 Å². The molecule has 1 aliphatic heterocycles. The number of nitrogens with one attached hydrogen (secondary N) is 1. The van der Waals surface area contributed by atoms with Crippen molar-refractivity contribution in [3.8, 4) is 0 Å². The van der Waals surface area contributed by atoms with Gasteiger partial charge in [0.1, 0.15) is 5.82 Å². The van der Waals surface area contributed by atoms with E-state index < -0.39 is 0 Å². The number of carbonyl (C=O) groups is 1. The van der Waals surface area contributed by atoms with Gasteiger partial charge < -0.3 is 11.1 Å². The molecule has 0 aromatic carbocycles. The number of hydrogen-bond donors (Lipinski definition) is 2. The summed E-state index contributed by atoms with van der Waals surface area (Å²) < 4.78 is 0. The monoisotopic (exact) mass is 234 g/mol. The minimum Gasteiger partial charge on any atom is -0.383 e. The maximum atomic E-state index is 11.9. The lowest BCUT2D eigenvalue weighted by Gasteiger charge is -2.26. The van der Waals surface area contributed by atoms with Crippen LogP contribution in [0.2, 0.25) is 0 Å². The Bertz CT molecular complexity index is 388. The van der Waals surface area contributed by atoms with Gasteiger partial charge in [-0.3, -0.25) is 9.69 Å². The molecule has 3 N–H and O–H groups in total. The summed E-state index contributed by atoms with van der Waals surface area (Å²) in [5.41, 5.74) is 6.54. The van der Waals surface area contributed by atoms with Crippen molar-refractivity contribution < 1.29 is 4.79 Å². The predicted octanol–water partition coefficient (Wildman–Crippen LogP) is -0.319. The highest BCUT2D eigenvalue weighted by Gasteiger charge is 2.14. The molecule has 0 unspecified atom stereocenters. The number of Topliss-reactive ketones (excluding diaryl/α,β-unsaturated/α-hetero) is 1. The summed E-state index contributed by atoms with van der Waals surface area (Å²) >= 11 is 0. The molecule has 0 atom stereocenters. The van der Waals surface area contributed by atoms with E-state index in [4.69, 9.17) is 5.73 Å². The third-order valence-corrected chi connectivity index (χ3v) is 2.92. The molecule has 92 valence electrons. The predicted molar refractivity (Wildman–Crippen MR) is 66.7 cm³/mol. The Labute approximate surface area is 101 Å². The van der Waals surface area contributed by atoms with E-state index in [0.717, 1.165) is 31.7 Å². The number of nitrogens with zero attached hydrogens (tertiary/aromatic N) is 2. The molecule has 0 spiro atoms. The van der Waals surface area contributed by atoms with Gasteiger partial charge in [0.15, 0.2) is 5.78 Å². The molecule has 1 fully saturated rings. The maximum absolute atomic E-state index is 11.9. The number of pyridine rings is 1. The van der Waals surface area contributed by atoms with E-state index in [2.05, 4.69) is 15.2 Å². The summed E-state index contributed by atoms with van der Waals surface area (Å²) in [4.78, 5) is 18.0. The summed E-state index contributed by atoms with van der Waals surface area (Å²) in [5, 5.41) is 3.26. The first-order valence-corrected chi connectivity index (χ1v) is 5.90. The van der Waals surface area contributed by atoms with Crippen molar-refractivity contribution in [2.24, 2.45) is 0 Å². The zero-order chi connectivity index (χ0) is 12.1. The van der Waals surface area contributed by atoms with Crippen LogP contribution in [-0.4, -0.2) is 48.4 Å². The molecular formula is C12H18N4O. The average molecular weight is 234 g/mol. The van der Waals surface area contributed by atoms with Crippen molar-refractivity contribution in [2.75, 3.05) is 38.5 Å². The van der Waals surface area contributed by atoms with Gasteiger partial charge >= 0.3 is 0 Å². The smallest absolute Gasteiger partial charge is 0.151 e. The van der Waals surface area contributed by atoms with Crippen molar-refractivity contribution in [3.63, 3.8) is 0 Å². The molecule has 17 heavy (non-hydrogen) atoms. The highest BCUT2D eigenvalue weighted by atomic mass is 16.1. The number of nitrogens with two attached hydrogens (primary N) is 1. The van der Waals surface area contributed by atoms with Gasteiger partial charge in [0, 0.05) is 44.4 Å². The van der Waals surface area contributed by atoms with Crippen molar-refractivity contribution in [1.29, 1.82) is 0 Å². The van der Waals surface area contributed by atoms with Crippen LogP contribution in [0.4, 0.5) is 5.82 Å². The Hall–Kier alpha value is -1.46. The van der Waals surface area contributed by atoms with Crippen LogP contribution in [-0.2, 0) is 11.2 Å². The highest BCUT2D eigenvalue weighted by Crippen LogP contribution is 2.08. The number of rotatable bonds is 4. The minimum atomic E-state index is 0.201. The highest BCUT2D eigenvalue weighted by molar-refractivity contribution is 5.83. The second kappa shape index (κ2) is 5.75. The van der Waals surface area contributed by atoms with Gasteiger partial charge in [0.2, 0.25) is 0 Å². The molecule has 2 heterocycles. The van der Waals surface area contributed by atoms with Crippen LogP contribution in [0.5, 0.6) is 0 Å². The molecule has 0 saturated carbocycles. The Morgan fingerprint density at radius 2 is 2.24 bits per heavy atom. The lowest BCUT2D eigenvalue weighted by molar-refractivity contribution is -0.119. The van der Waals surface area contributed by atoms with E-state index in [1.54, 1.807) is 6.20 Å². The van der Waals surface area contributed by atoms with Crippen LogP contribution in [0.25, 0.3) is 0 Å². The van der Waals surface area contributed by atoms with E-state index in [1.807, 2.05) is 12.1 Å². The summed E-state index contributed by atoms with van der Waals surface area (Å²) in [5.74, 6) is 0.660. The number of carbonyl (C=O) groups excluding carboxylic acids is 1. The number of piperazine rings is 1. The van der Waals surface area contributed by atoms with Gasteiger partial charge in [-0.1, -0.05) is 6.07 Å². The SMILES string of the molecule is Nc1ncccc1CC(=O)CN1CCNCC1. The molecule has 1 aromatic rings. The van der Waals surface area contributed by atoms with Crippen LogP contribution in [0.15, 0.2) is 18.3 Å². The number of hydrogen-bond acceptors (Lipinski definition) is 5. The molecule has 1 aliphatic rings. The van der Waals surface area contributed by atoms with Crippen LogP contribution in [0.3, 0.4) is 0 Å². The van der Waals surface area contributed by atoms with Crippen LogP contribution < -0.4 is 11.1 Å². The zero-order valence-corrected chi connectivity index (χ0v) is 9.85. The summed E-state index contributed by atoms with van der Waals surface area (Å²) in [7, 11) is 0. The van der Waals surface area contributed by atoms with Gasteiger partial charge in [-0.15, -0.1) is 0 Å². The molecule has 0 aliphatic carbocycles. The van der Waals surface area contributed by atoms with Gasteiger partial charge in [0.05, 0.1) is 6.54 Å². The number of nitrogen functional groups attached to an aromatic ring is 1. The quantitative estimate of drug-likeness (QED) is 0.747. The van der Waals surface area contributed by atoms with E-state index >= 15 is 0 Å². The van der Waals surface area contributed by atoms with E-state index in [1.165, 1.54) is 0 Å². The molecule has 1 saturated heterocycles. The van der Waals surface area contributed by atoms with Crippen molar-refractivity contribution in [2.45, 2.75) is 6.42 Å². The van der Waals surface area contributed by atoms with Gasteiger partial charge in [-0.05, 0) is 6.07 Å². The number of anilines is 1. The fourth-order valence-electron chi connectivity index (χ4n) is 1.99. The molecule has 1 aromatic heterocycles. The Morgan fingerprint density at radius 1 is 1.47 bits per heavy atom. The molecule has 5 nitrogen and oxygen atoms in total. The van der Waals surface area contributed by atoms with Gasteiger partial charge in [-0.25, -0.2) is 4.98 Å². The summed E-state index contributed by atoms with van der Waals surface area (Å²) in [6, 6.07) is 3.67. The first-order valence-electron chi connectivity index (χ1n) is 5.90. The molecular weight excluding hydrogens is 216 g/mol. The second-order valence-electron chi connectivity index (χ2n) is 4.29. The normalized spacial score (nSPS) is 16.9.